The minimum absolute atomic E-state index is 0.00204. The molecule has 1 N–H and O–H groups in total. The zero-order valence-corrected chi connectivity index (χ0v) is 31.8. The number of aromatic nitrogens is 4. The van der Waals surface area contributed by atoms with Gasteiger partial charge in [-0.05, 0) is 86.6 Å². The monoisotopic (exact) mass is 776 g/mol. The average Bonchev–Trinajstić information content (AvgIpc) is 3.55. The highest BCUT2D eigenvalue weighted by molar-refractivity contribution is 6.05. The number of carboxylic acids is 1. The Kier molecular flexibility index (Phi) is 17.0. The number of methoxy groups -OCH3 is 2. The Hall–Kier alpha value is -4.84. The molecule has 4 aromatic rings. The fraction of sp³-hybridized carbons (Fsp3) is 0.500. The molecule has 0 amide bonds. The summed E-state index contributed by atoms with van der Waals surface area (Å²) in [7, 11) is 3.33. The van der Waals surface area contributed by atoms with E-state index >= 15 is 0 Å². The summed E-state index contributed by atoms with van der Waals surface area (Å²) >= 11 is 0. The molecule has 0 aliphatic heterocycles. The lowest BCUT2D eigenvalue weighted by Gasteiger charge is -2.23. The van der Waals surface area contributed by atoms with Crippen molar-refractivity contribution in [2.75, 3.05) is 14.2 Å². The smallest absolute Gasteiger partial charge is 0.446 e. The van der Waals surface area contributed by atoms with E-state index in [9.17, 15) is 41.0 Å². The fourth-order valence-corrected chi connectivity index (χ4v) is 5.18. The van der Waals surface area contributed by atoms with E-state index in [0.717, 1.165) is 16.7 Å². The van der Waals surface area contributed by atoms with Gasteiger partial charge in [-0.1, -0.05) is 0 Å². The number of hydrogen-bond donors (Lipinski definition) is 1. The van der Waals surface area contributed by atoms with Crippen molar-refractivity contribution >= 4 is 46.6 Å². The molecule has 0 spiro atoms. The molecule has 4 atom stereocenters. The molecular formula is C36H46F6N4O8. The highest BCUT2D eigenvalue weighted by Gasteiger charge is 2.29. The van der Waals surface area contributed by atoms with Gasteiger partial charge in [0, 0.05) is 48.8 Å². The number of pyridine rings is 2. The highest BCUT2D eigenvalue weighted by Crippen LogP contribution is 2.32. The van der Waals surface area contributed by atoms with E-state index in [1.54, 1.807) is 38.7 Å². The van der Waals surface area contributed by atoms with E-state index in [1.807, 2.05) is 72.1 Å². The molecule has 12 nitrogen and oxygen atoms in total. The second-order valence-corrected chi connectivity index (χ2v) is 12.9. The molecule has 0 fully saturated rings. The molecule has 0 saturated carbocycles. The number of alkyl halides is 6. The SMILES string of the molecule is COC(C)C(C)n1c(C)c(C(=O)O)c2cccnc21.COC(C)C(C)n1c(C)c(C(=O)OC(C)(C)C)c2cccnc21.O=CC(F)(F)F.O=CC(F)(F)F. The van der Waals surface area contributed by atoms with E-state index in [1.165, 1.54) is 0 Å². The standard InChI is InChI=1S/C18H26N2O3.C14H18N2O3.2C2HF3O/c1-11(13(3)22-7)20-12(2)15(17(21)23-18(4,5)6)14-9-8-10-19-16(14)20;1-8(10(3)19-4)16-9(2)12(14(17)18)11-6-5-7-15-13(11)16;2*3-2(4,5)1-6/h8-11,13H,1-7H3;5-8,10H,1-4H3,(H,17,18);2*1H. The summed E-state index contributed by atoms with van der Waals surface area (Å²) in [5, 5.41) is 10.9. The van der Waals surface area contributed by atoms with Gasteiger partial charge >= 0.3 is 24.3 Å². The summed E-state index contributed by atoms with van der Waals surface area (Å²) in [4.78, 5) is 50.3. The van der Waals surface area contributed by atoms with Crippen LogP contribution in [0.3, 0.4) is 0 Å². The van der Waals surface area contributed by atoms with Gasteiger partial charge in [-0.3, -0.25) is 9.59 Å². The number of esters is 1. The first-order chi connectivity index (χ1) is 24.8. The first kappa shape index (κ1) is 47.2. The number of fused-ring (bicyclic) bond motifs is 2. The maximum Gasteiger partial charge on any atom is 0.446 e. The number of carbonyl (C=O) groups excluding carboxylic acids is 3. The Morgan fingerprint density at radius 1 is 0.722 bits per heavy atom. The van der Waals surface area contributed by atoms with Crippen LogP contribution in [0.15, 0.2) is 36.7 Å². The lowest BCUT2D eigenvalue weighted by Crippen LogP contribution is -2.25. The Morgan fingerprint density at radius 2 is 1.06 bits per heavy atom. The number of carbonyl (C=O) groups is 4. The fourth-order valence-electron chi connectivity index (χ4n) is 5.18. The predicted octanol–water partition coefficient (Wildman–Crippen LogP) is 8.03. The van der Waals surface area contributed by atoms with Gasteiger partial charge in [0.15, 0.2) is 0 Å². The summed E-state index contributed by atoms with van der Waals surface area (Å²) in [6.45, 7) is 17.4. The van der Waals surface area contributed by atoms with Crippen LogP contribution in [-0.4, -0.2) is 93.1 Å². The summed E-state index contributed by atoms with van der Waals surface area (Å²) in [6.07, 6.45) is -8.02. The van der Waals surface area contributed by atoms with Crippen molar-refractivity contribution in [3.05, 3.63) is 59.2 Å². The largest absolute Gasteiger partial charge is 0.478 e. The Labute approximate surface area is 308 Å². The lowest BCUT2D eigenvalue weighted by atomic mass is 10.1. The number of nitrogens with zero attached hydrogens (tertiary/aromatic N) is 4. The Balaban J connectivity index is 0.000000420. The lowest BCUT2D eigenvalue weighted by molar-refractivity contribution is -0.156. The molecule has 0 aromatic carbocycles. The van der Waals surface area contributed by atoms with Crippen molar-refractivity contribution in [1.82, 2.24) is 19.1 Å². The molecule has 0 radical (unpaired) electrons. The zero-order chi connectivity index (χ0) is 41.9. The third-order valence-electron chi connectivity index (χ3n) is 8.02. The summed E-state index contributed by atoms with van der Waals surface area (Å²) in [5.74, 6) is -1.24. The third kappa shape index (κ3) is 12.9. The molecule has 4 aromatic heterocycles. The van der Waals surface area contributed by atoms with E-state index < -0.39 is 36.5 Å². The van der Waals surface area contributed by atoms with Crippen LogP contribution in [0.1, 0.15) is 92.7 Å². The van der Waals surface area contributed by atoms with Crippen molar-refractivity contribution in [2.24, 2.45) is 0 Å². The van der Waals surface area contributed by atoms with Crippen LogP contribution in [-0.2, 0) is 23.8 Å². The van der Waals surface area contributed by atoms with Crippen molar-refractivity contribution in [3.63, 3.8) is 0 Å². The molecule has 0 bridgehead atoms. The molecule has 4 unspecified atom stereocenters. The van der Waals surface area contributed by atoms with Crippen molar-refractivity contribution < 1.29 is 64.8 Å². The zero-order valence-electron chi connectivity index (χ0n) is 31.8. The number of halogens is 6. The van der Waals surface area contributed by atoms with Crippen LogP contribution in [0.25, 0.3) is 22.1 Å². The molecule has 54 heavy (non-hydrogen) atoms. The van der Waals surface area contributed by atoms with Crippen LogP contribution >= 0.6 is 0 Å². The Bertz CT molecular complexity index is 1860. The average molecular weight is 777 g/mol. The number of hydrogen-bond acceptors (Lipinski definition) is 9. The summed E-state index contributed by atoms with van der Waals surface area (Å²) < 4.78 is 82.9. The van der Waals surface area contributed by atoms with Gasteiger partial charge in [0.25, 0.3) is 0 Å². The van der Waals surface area contributed by atoms with Crippen LogP contribution in [0.2, 0.25) is 0 Å². The second-order valence-electron chi connectivity index (χ2n) is 12.9. The van der Waals surface area contributed by atoms with Gasteiger partial charge in [0.1, 0.15) is 16.9 Å². The topological polar surface area (TPSA) is 152 Å². The van der Waals surface area contributed by atoms with E-state index in [-0.39, 0.29) is 30.3 Å². The molecular weight excluding hydrogens is 730 g/mol. The number of aromatic carboxylic acids is 1. The van der Waals surface area contributed by atoms with Crippen LogP contribution < -0.4 is 0 Å². The van der Waals surface area contributed by atoms with E-state index in [2.05, 4.69) is 21.5 Å². The quantitative estimate of drug-likeness (QED) is 0.106. The van der Waals surface area contributed by atoms with Crippen LogP contribution in [0, 0.1) is 13.8 Å². The van der Waals surface area contributed by atoms with Crippen LogP contribution in [0.5, 0.6) is 0 Å². The number of carboxylic acid groups (broad SMARTS) is 1. The van der Waals surface area contributed by atoms with E-state index in [0.29, 0.717) is 27.9 Å². The van der Waals surface area contributed by atoms with Gasteiger partial charge in [-0.15, -0.1) is 0 Å². The number of ether oxygens (including phenoxy) is 3. The van der Waals surface area contributed by atoms with Gasteiger partial charge in [-0.2, -0.15) is 26.3 Å². The molecule has 4 heterocycles. The molecule has 0 saturated heterocycles. The molecule has 4 rings (SSSR count). The normalized spacial score (nSPS) is 13.9. The van der Waals surface area contributed by atoms with Crippen LogP contribution in [0.4, 0.5) is 26.3 Å². The Morgan fingerprint density at radius 3 is 1.35 bits per heavy atom. The summed E-state index contributed by atoms with van der Waals surface area (Å²) in [5.41, 5.74) is 3.39. The number of aldehydes is 2. The van der Waals surface area contributed by atoms with Crippen molar-refractivity contribution in [2.45, 2.75) is 105 Å². The first-order valence-corrected chi connectivity index (χ1v) is 16.3. The number of rotatable bonds is 8. The van der Waals surface area contributed by atoms with Gasteiger partial charge < -0.3 is 28.5 Å². The molecule has 0 aliphatic rings. The van der Waals surface area contributed by atoms with Gasteiger partial charge in [0.2, 0.25) is 12.6 Å². The molecule has 300 valence electrons. The summed E-state index contributed by atoms with van der Waals surface area (Å²) in [6, 6.07) is 7.35. The maximum absolute atomic E-state index is 12.7. The first-order valence-electron chi connectivity index (χ1n) is 16.3. The third-order valence-corrected chi connectivity index (χ3v) is 8.02. The molecule has 0 aliphatic carbocycles. The van der Waals surface area contributed by atoms with Crippen molar-refractivity contribution in [3.8, 4) is 0 Å². The maximum atomic E-state index is 12.7. The minimum atomic E-state index is -4.64. The molecule has 18 heteroatoms. The minimum Gasteiger partial charge on any atom is -0.478 e. The van der Waals surface area contributed by atoms with E-state index in [4.69, 9.17) is 23.8 Å². The van der Waals surface area contributed by atoms with Crippen molar-refractivity contribution in [1.29, 1.82) is 0 Å². The second kappa shape index (κ2) is 19.5. The van der Waals surface area contributed by atoms with Gasteiger partial charge in [0.05, 0.1) is 35.4 Å². The van der Waals surface area contributed by atoms with Gasteiger partial charge in [-0.25, -0.2) is 19.6 Å². The predicted molar refractivity (Wildman–Crippen MR) is 188 cm³/mol. The highest BCUT2D eigenvalue weighted by atomic mass is 19.4.